The van der Waals surface area contributed by atoms with Crippen molar-refractivity contribution in [1.82, 2.24) is 19.4 Å². The minimum absolute atomic E-state index is 0.159. The zero-order chi connectivity index (χ0) is 20.1. The van der Waals surface area contributed by atoms with Gasteiger partial charge in [0.1, 0.15) is 0 Å². The molecule has 0 aliphatic carbocycles. The van der Waals surface area contributed by atoms with Crippen molar-refractivity contribution >= 4 is 15.9 Å². The first-order valence-corrected chi connectivity index (χ1v) is 10.2. The Balaban J connectivity index is 1.54. The maximum atomic E-state index is 12.3. The summed E-state index contributed by atoms with van der Waals surface area (Å²) in [5, 5.41) is 7.04. The lowest BCUT2D eigenvalue weighted by Crippen LogP contribution is -2.26. The van der Waals surface area contributed by atoms with Crippen LogP contribution in [0.15, 0.2) is 71.9 Å². The number of hydrogen-bond acceptors (Lipinski definition) is 4. The summed E-state index contributed by atoms with van der Waals surface area (Å²) in [7, 11) is -0.557. The first kappa shape index (κ1) is 19.8. The van der Waals surface area contributed by atoms with Crippen LogP contribution in [0, 0.1) is 0 Å². The zero-order valence-electron chi connectivity index (χ0n) is 15.7. The molecule has 0 saturated heterocycles. The van der Waals surface area contributed by atoms with Gasteiger partial charge in [-0.1, -0.05) is 12.1 Å². The van der Waals surface area contributed by atoms with E-state index < -0.39 is 10.0 Å². The predicted octanol–water partition coefficient (Wildman–Crippen LogP) is 2.10. The van der Waals surface area contributed by atoms with Gasteiger partial charge in [-0.2, -0.15) is 5.10 Å². The van der Waals surface area contributed by atoms with Gasteiger partial charge in [0.15, 0.2) is 0 Å². The highest BCUT2D eigenvalue weighted by molar-refractivity contribution is 7.89. The molecular formula is C20H22N4O3S. The Kier molecular flexibility index (Phi) is 5.91. The molecule has 0 atom stereocenters. The first-order valence-electron chi connectivity index (χ1n) is 8.78. The van der Waals surface area contributed by atoms with Crippen molar-refractivity contribution in [1.29, 1.82) is 0 Å². The summed E-state index contributed by atoms with van der Waals surface area (Å²) in [6.45, 7) is 0.484. The summed E-state index contributed by atoms with van der Waals surface area (Å²) in [6.07, 6.45) is 4.30. The molecule has 0 saturated carbocycles. The van der Waals surface area contributed by atoms with Crippen LogP contribution in [0.5, 0.6) is 0 Å². The Labute approximate surface area is 164 Å². The number of nitrogens with zero attached hydrogens (tertiary/aromatic N) is 3. The SMILES string of the molecule is CN(C)S(=O)(=O)c1ccc(C(=O)NCCc2ccc(-n3cccn3)cc2)cc1. The predicted molar refractivity (Wildman–Crippen MR) is 107 cm³/mol. The number of amides is 1. The zero-order valence-corrected chi connectivity index (χ0v) is 16.6. The third kappa shape index (κ3) is 4.47. The van der Waals surface area contributed by atoms with E-state index in [1.165, 1.54) is 38.4 Å². The molecule has 2 aromatic carbocycles. The van der Waals surface area contributed by atoms with Crippen LogP contribution in [0.4, 0.5) is 0 Å². The summed E-state index contributed by atoms with van der Waals surface area (Å²) in [4.78, 5) is 12.4. The molecule has 1 N–H and O–H groups in total. The van der Waals surface area contributed by atoms with E-state index >= 15 is 0 Å². The maximum absolute atomic E-state index is 12.3. The lowest BCUT2D eigenvalue weighted by Gasteiger charge is -2.11. The smallest absolute Gasteiger partial charge is 0.251 e. The molecule has 1 heterocycles. The Bertz CT molecular complexity index is 1030. The number of carbonyl (C=O) groups excluding carboxylic acids is 1. The molecule has 0 spiro atoms. The van der Waals surface area contributed by atoms with Crippen LogP contribution in [0.1, 0.15) is 15.9 Å². The Morgan fingerprint density at radius 2 is 1.75 bits per heavy atom. The number of rotatable bonds is 7. The normalized spacial score (nSPS) is 11.5. The van der Waals surface area contributed by atoms with Crippen molar-refractivity contribution in [3.05, 3.63) is 78.1 Å². The number of sulfonamides is 1. The minimum Gasteiger partial charge on any atom is -0.352 e. The Morgan fingerprint density at radius 1 is 1.07 bits per heavy atom. The summed E-state index contributed by atoms with van der Waals surface area (Å²) in [5.74, 6) is -0.234. The van der Waals surface area contributed by atoms with Crippen molar-refractivity contribution in [3.8, 4) is 5.69 Å². The minimum atomic E-state index is -3.50. The van der Waals surface area contributed by atoms with Gasteiger partial charge in [-0.25, -0.2) is 17.4 Å². The van der Waals surface area contributed by atoms with E-state index in [4.69, 9.17) is 0 Å². The fourth-order valence-corrected chi connectivity index (χ4v) is 3.55. The van der Waals surface area contributed by atoms with Crippen LogP contribution in [-0.2, 0) is 16.4 Å². The van der Waals surface area contributed by atoms with Crippen LogP contribution >= 0.6 is 0 Å². The van der Waals surface area contributed by atoms with Crippen molar-refractivity contribution in [2.45, 2.75) is 11.3 Å². The van der Waals surface area contributed by atoms with E-state index in [2.05, 4.69) is 10.4 Å². The van der Waals surface area contributed by atoms with Crippen LogP contribution in [0.25, 0.3) is 5.69 Å². The van der Waals surface area contributed by atoms with Crippen molar-refractivity contribution in [2.75, 3.05) is 20.6 Å². The number of benzene rings is 2. The summed E-state index contributed by atoms with van der Waals surface area (Å²) < 4.78 is 27.0. The van der Waals surface area contributed by atoms with Crippen molar-refractivity contribution in [3.63, 3.8) is 0 Å². The van der Waals surface area contributed by atoms with Gasteiger partial charge >= 0.3 is 0 Å². The fourth-order valence-electron chi connectivity index (χ4n) is 2.65. The molecule has 0 bridgehead atoms. The Morgan fingerprint density at radius 3 is 2.32 bits per heavy atom. The highest BCUT2D eigenvalue weighted by atomic mass is 32.2. The molecule has 1 amide bonds. The number of carbonyl (C=O) groups is 1. The highest BCUT2D eigenvalue weighted by Gasteiger charge is 2.17. The van der Waals surface area contributed by atoms with Gasteiger partial charge < -0.3 is 5.32 Å². The molecule has 8 heteroatoms. The van der Waals surface area contributed by atoms with Crippen LogP contribution in [-0.4, -0.2) is 49.1 Å². The van der Waals surface area contributed by atoms with E-state index in [9.17, 15) is 13.2 Å². The summed E-state index contributed by atoms with van der Waals surface area (Å²) in [6, 6.07) is 15.8. The third-order valence-electron chi connectivity index (χ3n) is 4.30. The molecule has 146 valence electrons. The molecule has 0 aliphatic heterocycles. The van der Waals surface area contributed by atoms with E-state index in [1.54, 1.807) is 10.9 Å². The molecule has 0 aliphatic rings. The lowest BCUT2D eigenvalue weighted by atomic mass is 10.1. The fraction of sp³-hybridized carbons (Fsp3) is 0.200. The van der Waals surface area contributed by atoms with Crippen LogP contribution < -0.4 is 5.32 Å². The van der Waals surface area contributed by atoms with Gasteiger partial charge in [0, 0.05) is 38.6 Å². The van der Waals surface area contributed by atoms with Crippen LogP contribution in [0.2, 0.25) is 0 Å². The second-order valence-electron chi connectivity index (χ2n) is 6.43. The van der Waals surface area contributed by atoms with Crippen molar-refractivity contribution in [2.24, 2.45) is 0 Å². The van der Waals surface area contributed by atoms with E-state index in [1.807, 2.05) is 36.5 Å². The molecule has 0 fully saturated rings. The topological polar surface area (TPSA) is 84.3 Å². The molecule has 7 nitrogen and oxygen atoms in total. The number of hydrogen-bond donors (Lipinski definition) is 1. The Hall–Kier alpha value is -2.97. The quantitative estimate of drug-likeness (QED) is 0.661. The van der Waals surface area contributed by atoms with Gasteiger partial charge in [-0.05, 0) is 54.4 Å². The van der Waals surface area contributed by atoms with E-state index in [-0.39, 0.29) is 10.8 Å². The van der Waals surface area contributed by atoms with Crippen LogP contribution in [0.3, 0.4) is 0 Å². The standard InChI is InChI=1S/C20H22N4O3S/c1-23(2)28(26,27)19-10-6-17(7-11-19)20(25)21-14-12-16-4-8-18(9-5-16)24-15-3-13-22-24/h3-11,13,15H,12,14H2,1-2H3,(H,21,25). The second kappa shape index (κ2) is 8.37. The average molecular weight is 398 g/mol. The largest absolute Gasteiger partial charge is 0.352 e. The van der Waals surface area contributed by atoms with Gasteiger partial charge in [-0.3, -0.25) is 4.79 Å². The van der Waals surface area contributed by atoms with Crippen molar-refractivity contribution < 1.29 is 13.2 Å². The summed E-state index contributed by atoms with van der Waals surface area (Å²) in [5.41, 5.74) is 2.50. The molecule has 3 rings (SSSR count). The van der Waals surface area contributed by atoms with Gasteiger partial charge in [0.05, 0.1) is 10.6 Å². The molecular weight excluding hydrogens is 376 g/mol. The lowest BCUT2D eigenvalue weighted by molar-refractivity contribution is 0.0954. The molecule has 0 unspecified atom stereocenters. The highest BCUT2D eigenvalue weighted by Crippen LogP contribution is 2.14. The molecule has 1 aromatic heterocycles. The third-order valence-corrected chi connectivity index (χ3v) is 6.13. The van der Waals surface area contributed by atoms with Gasteiger partial charge in [0.2, 0.25) is 10.0 Å². The molecule has 3 aromatic rings. The monoisotopic (exact) mass is 398 g/mol. The molecule has 28 heavy (non-hydrogen) atoms. The first-order chi connectivity index (χ1) is 13.4. The van der Waals surface area contributed by atoms with Gasteiger partial charge in [0.25, 0.3) is 5.91 Å². The molecule has 0 radical (unpaired) electrons. The number of aromatic nitrogens is 2. The van der Waals surface area contributed by atoms with E-state index in [0.717, 1.165) is 15.6 Å². The number of nitrogens with one attached hydrogen (secondary N) is 1. The summed E-state index contributed by atoms with van der Waals surface area (Å²) >= 11 is 0. The second-order valence-corrected chi connectivity index (χ2v) is 8.59. The average Bonchev–Trinajstić information content (AvgIpc) is 3.23. The van der Waals surface area contributed by atoms with Gasteiger partial charge in [-0.15, -0.1) is 0 Å². The van der Waals surface area contributed by atoms with E-state index in [0.29, 0.717) is 18.5 Å². The maximum Gasteiger partial charge on any atom is 0.251 e.